The summed E-state index contributed by atoms with van der Waals surface area (Å²) in [4.78, 5) is 11.6. The molecule has 0 amide bonds. The first-order valence-corrected chi connectivity index (χ1v) is 8.00. The lowest BCUT2D eigenvalue weighted by Crippen LogP contribution is -2.07. The molecule has 0 saturated carbocycles. The zero-order valence-electron chi connectivity index (χ0n) is 12.7. The second kappa shape index (κ2) is 11.5. The monoisotopic (exact) mass is 275 g/mol. The molecule has 0 aromatic heterocycles. The number of ether oxygens (including phenoxy) is 1. The Kier molecular flexibility index (Phi) is 9.64. The molecule has 1 radical (unpaired) electrons. The summed E-state index contributed by atoms with van der Waals surface area (Å²) < 4.78 is 5.19. The van der Waals surface area contributed by atoms with E-state index in [0.717, 1.165) is 12.8 Å². The highest BCUT2D eigenvalue weighted by molar-refractivity contribution is 5.72. The third-order valence-corrected chi connectivity index (χ3v) is 3.39. The van der Waals surface area contributed by atoms with Gasteiger partial charge in [0.25, 0.3) is 0 Å². The number of hydrogen-bond donors (Lipinski definition) is 0. The maximum Gasteiger partial charge on any atom is 0.311 e. The number of benzene rings is 1. The van der Waals surface area contributed by atoms with Crippen molar-refractivity contribution in [1.29, 1.82) is 0 Å². The van der Waals surface area contributed by atoms with Gasteiger partial charge in [-0.2, -0.15) is 0 Å². The Morgan fingerprint density at radius 1 is 1.00 bits per heavy atom. The van der Waals surface area contributed by atoms with Crippen molar-refractivity contribution in [3.8, 4) is 5.75 Å². The molecule has 1 rings (SSSR count). The van der Waals surface area contributed by atoms with Crippen LogP contribution in [-0.4, -0.2) is 5.97 Å². The normalized spacial score (nSPS) is 10.4. The smallest absolute Gasteiger partial charge is 0.311 e. The van der Waals surface area contributed by atoms with Crippen molar-refractivity contribution in [3.63, 3.8) is 0 Å². The zero-order chi connectivity index (χ0) is 14.5. The highest BCUT2D eigenvalue weighted by atomic mass is 16.5. The van der Waals surface area contributed by atoms with Gasteiger partial charge in [-0.3, -0.25) is 4.79 Å². The molecule has 2 nitrogen and oxygen atoms in total. The van der Waals surface area contributed by atoms with Gasteiger partial charge in [-0.1, -0.05) is 76.5 Å². The van der Waals surface area contributed by atoms with Crippen LogP contribution in [0, 0.1) is 6.07 Å². The second-order valence-corrected chi connectivity index (χ2v) is 5.28. The number of hydrogen-bond acceptors (Lipinski definition) is 2. The topological polar surface area (TPSA) is 26.3 Å². The van der Waals surface area contributed by atoms with Crippen LogP contribution in [0.25, 0.3) is 0 Å². The molecule has 0 N–H and O–H groups in total. The van der Waals surface area contributed by atoms with Crippen LogP contribution in [0.1, 0.15) is 71.1 Å². The summed E-state index contributed by atoms with van der Waals surface area (Å²) in [5.41, 5.74) is 0. The third-order valence-electron chi connectivity index (χ3n) is 3.39. The number of para-hydroxylation sites is 1. The molecule has 0 saturated heterocycles. The maximum absolute atomic E-state index is 11.6. The van der Waals surface area contributed by atoms with Gasteiger partial charge in [0.15, 0.2) is 0 Å². The van der Waals surface area contributed by atoms with Gasteiger partial charge in [0, 0.05) is 12.5 Å². The van der Waals surface area contributed by atoms with Crippen LogP contribution in [0.3, 0.4) is 0 Å². The van der Waals surface area contributed by atoms with Crippen LogP contribution < -0.4 is 4.74 Å². The Balaban J connectivity index is 1.92. The molecule has 2 heteroatoms. The largest absolute Gasteiger partial charge is 0.426 e. The second-order valence-electron chi connectivity index (χ2n) is 5.28. The van der Waals surface area contributed by atoms with E-state index in [-0.39, 0.29) is 5.97 Å². The molecule has 0 fully saturated rings. The van der Waals surface area contributed by atoms with E-state index in [1.54, 1.807) is 12.1 Å². The minimum Gasteiger partial charge on any atom is -0.426 e. The highest BCUT2D eigenvalue weighted by Gasteiger charge is 2.04. The van der Waals surface area contributed by atoms with Gasteiger partial charge in [-0.25, -0.2) is 0 Å². The average molecular weight is 275 g/mol. The van der Waals surface area contributed by atoms with Gasteiger partial charge < -0.3 is 4.74 Å². The van der Waals surface area contributed by atoms with E-state index in [1.165, 1.54) is 44.9 Å². The standard InChI is InChI=1S/C18H27O2/c1-2-3-4-5-6-7-8-9-13-16-18(19)20-17-14-11-10-12-15-17/h10-12,14H,2-9,13,16H2,1H3. The predicted octanol–water partition coefficient (Wildman–Crippen LogP) is 5.31. The molecule has 0 aliphatic carbocycles. The lowest BCUT2D eigenvalue weighted by Gasteiger charge is -2.04. The fraction of sp³-hybridized carbons (Fsp3) is 0.611. The molecule has 0 spiro atoms. The van der Waals surface area contributed by atoms with E-state index in [4.69, 9.17) is 4.74 Å². The van der Waals surface area contributed by atoms with Crippen molar-refractivity contribution in [2.45, 2.75) is 71.1 Å². The molecular weight excluding hydrogens is 248 g/mol. The Morgan fingerprint density at radius 2 is 1.65 bits per heavy atom. The lowest BCUT2D eigenvalue weighted by molar-refractivity contribution is -0.134. The van der Waals surface area contributed by atoms with Crippen LogP contribution in [0.4, 0.5) is 0 Å². The molecule has 0 atom stereocenters. The van der Waals surface area contributed by atoms with Crippen LogP contribution in [-0.2, 0) is 4.79 Å². The molecule has 1 aromatic carbocycles. The van der Waals surface area contributed by atoms with Crippen molar-refractivity contribution >= 4 is 5.97 Å². The first-order chi connectivity index (χ1) is 9.83. The van der Waals surface area contributed by atoms with E-state index in [9.17, 15) is 4.79 Å². The molecule has 0 aliphatic rings. The quantitative estimate of drug-likeness (QED) is 0.310. The Hall–Kier alpha value is -1.31. The van der Waals surface area contributed by atoms with Crippen molar-refractivity contribution in [1.82, 2.24) is 0 Å². The minimum absolute atomic E-state index is 0.143. The maximum atomic E-state index is 11.6. The van der Waals surface area contributed by atoms with Gasteiger partial charge >= 0.3 is 5.97 Å². The number of carbonyl (C=O) groups is 1. The average Bonchev–Trinajstić information content (AvgIpc) is 2.46. The first-order valence-electron chi connectivity index (χ1n) is 8.00. The summed E-state index contributed by atoms with van der Waals surface area (Å²) in [7, 11) is 0. The molecule has 0 unspecified atom stereocenters. The van der Waals surface area contributed by atoms with E-state index < -0.39 is 0 Å². The van der Waals surface area contributed by atoms with Gasteiger partial charge in [-0.15, -0.1) is 0 Å². The molecule has 0 bridgehead atoms. The summed E-state index contributed by atoms with van der Waals surface area (Å²) in [6.45, 7) is 2.24. The summed E-state index contributed by atoms with van der Waals surface area (Å²) in [5.74, 6) is 0.379. The van der Waals surface area contributed by atoms with E-state index in [0.29, 0.717) is 12.2 Å². The molecule has 0 aliphatic heterocycles. The molecular formula is C18H27O2. The van der Waals surface area contributed by atoms with E-state index in [2.05, 4.69) is 13.0 Å². The highest BCUT2D eigenvalue weighted by Crippen LogP contribution is 2.12. The van der Waals surface area contributed by atoms with Gasteiger partial charge in [0.05, 0.1) is 0 Å². The summed E-state index contributed by atoms with van der Waals surface area (Å²) in [5, 5.41) is 0. The van der Waals surface area contributed by atoms with Crippen LogP contribution in [0.2, 0.25) is 0 Å². The first kappa shape index (κ1) is 16.7. The lowest BCUT2D eigenvalue weighted by atomic mass is 10.1. The van der Waals surface area contributed by atoms with Gasteiger partial charge in [0.1, 0.15) is 5.75 Å². The fourth-order valence-electron chi connectivity index (χ4n) is 2.19. The van der Waals surface area contributed by atoms with E-state index >= 15 is 0 Å². The minimum atomic E-state index is -0.143. The number of unbranched alkanes of at least 4 members (excludes halogenated alkanes) is 8. The zero-order valence-corrected chi connectivity index (χ0v) is 12.7. The summed E-state index contributed by atoms with van der Waals surface area (Å²) in [6.07, 6.45) is 11.8. The van der Waals surface area contributed by atoms with Gasteiger partial charge in [-0.05, 0) is 12.5 Å². The molecule has 20 heavy (non-hydrogen) atoms. The molecule has 0 heterocycles. The van der Waals surface area contributed by atoms with Gasteiger partial charge in [0.2, 0.25) is 0 Å². The Morgan fingerprint density at radius 3 is 2.25 bits per heavy atom. The van der Waals surface area contributed by atoms with Crippen LogP contribution in [0.15, 0.2) is 24.3 Å². The van der Waals surface area contributed by atoms with Crippen LogP contribution >= 0.6 is 0 Å². The third kappa shape index (κ3) is 8.73. The Bertz CT molecular complexity index is 346. The summed E-state index contributed by atoms with van der Waals surface area (Å²) >= 11 is 0. The number of rotatable bonds is 11. The Labute approximate surface area is 123 Å². The SMILES string of the molecule is CCCCCCCCCCCC(=O)Oc1[c]cccc1. The van der Waals surface area contributed by atoms with Crippen molar-refractivity contribution in [2.75, 3.05) is 0 Å². The van der Waals surface area contributed by atoms with Crippen molar-refractivity contribution in [2.24, 2.45) is 0 Å². The fourth-order valence-corrected chi connectivity index (χ4v) is 2.19. The van der Waals surface area contributed by atoms with Crippen molar-refractivity contribution < 1.29 is 9.53 Å². The number of carbonyl (C=O) groups excluding carboxylic acids is 1. The van der Waals surface area contributed by atoms with Crippen LogP contribution in [0.5, 0.6) is 5.75 Å². The van der Waals surface area contributed by atoms with E-state index in [1.807, 2.05) is 12.1 Å². The number of esters is 1. The van der Waals surface area contributed by atoms with Crippen molar-refractivity contribution in [3.05, 3.63) is 30.3 Å². The summed E-state index contributed by atoms with van der Waals surface area (Å²) in [6, 6.07) is 10.1. The molecule has 1 aromatic rings. The predicted molar refractivity (Wildman–Crippen MR) is 82.8 cm³/mol. The molecule has 111 valence electrons.